The van der Waals surface area contributed by atoms with Crippen molar-refractivity contribution in [3.8, 4) is 0 Å². The Hall–Kier alpha value is -0.740. The van der Waals surface area contributed by atoms with Gasteiger partial charge in [0.2, 0.25) is 0 Å². The third-order valence-electron chi connectivity index (χ3n) is 1.86. The van der Waals surface area contributed by atoms with E-state index in [1.165, 1.54) is 5.56 Å². The second-order valence-corrected chi connectivity index (χ2v) is 4.12. The molecule has 0 saturated heterocycles. The van der Waals surface area contributed by atoms with E-state index in [0.717, 1.165) is 15.4 Å². The van der Waals surface area contributed by atoms with Gasteiger partial charge < -0.3 is 4.98 Å². The van der Waals surface area contributed by atoms with Crippen LogP contribution in [0.2, 0.25) is 0 Å². The second kappa shape index (κ2) is 3.20. The maximum atomic E-state index is 5.12. The Morgan fingerprint density at radius 3 is 3.00 bits per heavy atom. The molecule has 1 N–H and O–H groups in total. The maximum absolute atomic E-state index is 5.12. The molecule has 0 aliphatic rings. The van der Waals surface area contributed by atoms with Crippen molar-refractivity contribution in [1.29, 1.82) is 0 Å². The summed E-state index contributed by atoms with van der Waals surface area (Å²) < 4.78 is 1.66. The number of fused-ring (bicyclic) bond motifs is 1. The highest BCUT2D eigenvalue weighted by Crippen LogP contribution is 2.23. The first-order valence-corrected chi connectivity index (χ1v) is 5.02. The third-order valence-corrected chi connectivity index (χ3v) is 2.81. The highest BCUT2D eigenvalue weighted by Gasteiger charge is 2.01. The van der Waals surface area contributed by atoms with Crippen LogP contribution in [0.5, 0.6) is 0 Å². The average Bonchev–Trinajstić information content (AvgIpc) is 2.07. The molecule has 1 aromatic heterocycles. The van der Waals surface area contributed by atoms with Gasteiger partial charge in [-0.25, -0.2) is 4.98 Å². The van der Waals surface area contributed by atoms with Crippen LogP contribution in [0.25, 0.3) is 10.9 Å². The molecule has 0 fully saturated rings. The number of nitrogens with zero attached hydrogens (tertiary/aromatic N) is 1. The van der Waals surface area contributed by atoms with Crippen molar-refractivity contribution in [3.63, 3.8) is 0 Å². The number of aryl methyl sites for hydroxylation is 1. The molecule has 0 amide bonds. The summed E-state index contributed by atoms with van der Waals surface area (Å²) in [5.74, 6) is 0. The first-order chi connectivity index (χ1) is 6.18. The van der Waals surface area contributed by atoms with Gasteiger partial charge in [-0.2, -0.15) is 0 Å². The van der Waals surface area contributed by atoms with Crippen LogP contribution in [-0.2, 0) is 0 Å². The summed E-state index contributed by atoms with van der Waals surface area (Å²) in [7, 11) is 0. The number of benzene rings is 1. The molecule has 13 heavy (non-hydrogen) atoms. The Balaban J connectivity index is 3.03. The van der Waals surface area contributed by atoms with Gasteiger partial charge in [0.15, 0.2) is 0 Å². The Labute approximate surface area is 89.1 Å². The van der Waals surface area contributed by atoms with Crippen LogP contribution in [0.15, 0.2) is 22.9 Å². The molecule has 0 saturated carbocycles. The standard InChI is InChI=1S/C9H7BrN2S/c1-5-2-6-8(7(10)3-5)11-4-12-9(6)13/h2-4H,1H3,(H,11,12,13). The normalized spacial score (nSPS) is 10.6. The molecule has 1 aromatic carbocycles. The summed E-state index contributed by atoms with van der Waals surface area (Å²) >= 11 is 8.60. The molecule has 4 heteroatoms. The lowest BCUT2D eigenvalue weighted by Gasteiger charge is -2.01. The van der Waals surface area contributed by atoms with E-state index < -0.39 is 0 Å². The summed E-state index contributed by atoms with van der Waals surface area (Å²) in [6.45, 7) is 2.03. The van der Waals surface area contributed by atoms with Gasteiger partial charge >= 0.3 is 0 Å². The molecule has 1 heterocycles. The number of halogens is 1. The van der Waals surface area contributed by atoms with Crippen LogP contribution in [0.1, 0.15) is 5.56 Å². The molecule has 2 nitrogen and oxygen atoms in total. The Morgan fingerprint density at radius 2 is 2.23 bits per heavy atom. The summed E-state index contributed by atoms with van der Waals surface area (Å²) in [5.41, 5.74) is 2.18. The number of aromatic nitrogens is 2. The van der Waals surface area contributed by atoms with Gasteiger partial charge in [-0.3, -0.25) is 0 Å². The van der Waals surface area contributed by atoms with E-state index in [1.807, 2.05) is 19.1 Å². The van der Waals surface area contributed by atoms with Crippen molar-refractivity contribution in [2.75, 3.05) is 0 Å². The Bertz CT molecular complexity index is 518. The van der Waals surface area contributed by atoms with Gasteiger partial charge in [0.25, 0.3) is 0 Å². The number of hydrogen-bond donors (Lipinski definition) is 1. The molecule has 0 spiro atoms. The number of hydrogen-bond acceptors (Lipinski definition) is 2. The predicted octanol–water partition coefficient (Wildman–Crippen LogP) is 3.36. The van der Waals surface area contributed by atoms with Gasteiger partial charge in [-0.05, 0) is 40.5 Å². The Kier molecular flexibility index (Phi) is 2.17. The zero-order valence-corrected chi connectivity index (χ0v) is 9.37. The van der Waals surface area contributed by atoms with E-state index in [0.29, 0.717) is 4.64 Å². The lowest BCUT2D eigenvalue weighted by Crippen LogP contribution is -1.85. The summed E-state index contributed by atoms with van der Waals surface area (Å²) in [6.07, 6.45) is 1.62. The first kappa shape index (κ1) is 8.84. The van der Waals surface area contributed by atoms with Crippen LogP contribution in [0.3, 0.4) is 0 Å². The molecule has 66 valence electrons. The Morgan fingerprint density at radius 1 is 1.46 bits per heavy atom. The molecule has 0 bridgehead atoms. The number of nitrogens with one attached hydrogen (secondary N) is 1. The minimum absolute atomic E-state index is 0.637. The van der Waals surface area contributed by atoms with Crippen molar-refractivity contribution in [2.45, 2.75) is 6.92 Å². The molecule has 0 radical (unpaired) electrons. The lowest BCUT2D eigenvalue weighted by atomic mass is 10.2. The van der Waals surface area contributed by atoms with Crippen molar-refractivity contribution < 1.29 is 0 Å². The van der Waals surface area contributed by atoms with E-state index in [-0.39, 0.29) is 0 Å². The smallest absolute Gasteiger partial charge is 0.137 e. The number of H-pyrrole nitrogens is 1. The quantitative estimate of drug-likeness (QED) is 0.731. The zero-order valence-electron chi connectivity index (χ0n) is 6.97. The average molecular weight is 255 g/mol. The molecule has 2 rings (SSSR count). The largest absolute Gasteiger partial charge is 0.345 e. The third kappa shape index (κ3) is 1.51. The van der Waals surface area contributed by atoms with E-state index in [9.17, 15) is 0 Å². The molecule has 2 aromatic rings. The molecule has 0 unspecified atom stereocenters. The fraction of sp³-hybridized carbons (Fsp3) is 0.111. The van der Waals surface area contributed by atoms with Crippen LogP contribution < -0.4 is 0 Å². The van der Waals surface area contributed by atoms with E-state index in [2.05, 4.69) is 25.9 Å². The first-order valence-electron chi connectivity index (χ1n) is 3.82. The minimum atomic E-state index is 0.637. The van der Waals surface area contributed by atoms with Crippen LogP contribution in [-0.4, -0.2) is 9.97 Å². The second-order valence-electron chi connectivity index (χ2n) is 2.88. The van der Waals surface area contributed by atoms with Gasteiger partial charge in [0.1, 0.15) is 4.64 Å². The molecular weight excluding hydrogens is 248 g/mol. The van der Waals surface area contributed by atoms with Gasteiger partial charge in [0, 0.05) is 9.86 Å². The molecule has 0 atom stereocenters. The minimum Gasteiger partial charge on any atom is -0.345 e. The van der Waals surface area contributed by atoms with Crippen LogP contribution in [0, 0.1) is 11.6 Å². The molecule has 0 aliphatic heterocycles. The highest BCUT2D eigenvalue weighted by atomic mass is 79.9. The number of aromatic amines is 1. The monoisotopic (exact) mass is 254 g/mol. The van der Waals surface area contributed by atoms with Crippen molar-refractivity contribution >= 4 is 39.1 Å². The summed E-state index contributed by atoms with van der Waals surface area (Å²) in [5, 5.41) is 0.990. The lowest BCUT2D eigenvalue weighted by molar-refractivity contribution is 1.20. The fourth-order valence-electron chi connectivity index (χ4n) is 1.28. The zero-order chi connectivity index (χ0) is 9.42. The topological polar surface area (TPSA) is 28.7 Å². The predicted molar refractivity (Wildman–Crippen MR) is 59.4 cm³/mol. The van der Waals surface area contributed by atoms with E-state index in [1.54, 1.807) is 6.33 Å². The fourth-order valence-corrected chi connectivity index (χ4v) is 2.19. The summed E-state index contributed by atoms with van der Waals surface area (Å²) in [6, 6.07) is 4.08. The van der Waals surface area contributed by atoms with Crippen LogP contribution >= 0.6 is 28.1 Å². The molecular formula is C9H7BrN2S. The number of rotatable bonds is 0. The van der Waals surface area contributed by atoms with Crippen molar-refractivity contribution in [1.82, 2.24) is 9.97 Å². The summed E-state index contributed by atoms with van der Waals surface area (Å²) in [4.78, 5) is 7.09. The van der Waals surface area contributed by atoms with Crippen molar-refractivity contribution in [2.24, 2.45) is 0 Å². The SMILES string of the molecule is Cc1cc(Br)c2[nH]cnc(=S)c2c1. The highest BCUT2D eigenvalue weighted by molar-refractivity contribution is 9.10. The van der Waals surface area contributed by atoms with Gasteiger partial charge in [-0.1, -0.05) is 12.2 Å². The molecule has 0 aliphatic carbocycles. The van der Waals surface area contributed by atoms with Crippen LogP contribution in [0.4, 0.5) is 0 Å². The van der Waals surface area contributed by atoms with Gasteiger partial charge in [0.05, 0.1) is 11.8 Å². The van der Waals surface area contributed by atoms with Crippen molar-refractivity contribution in [3.05, 3.63) is 33.1 Å². The van der Waals surface area contributed by atoms with E-state index in [4.69, 9.17) is 12.2 Å². The van der Waals surface area contributed by atoms with E-state index >= 15 is 0 Å². The maximum Gasteiger partial charge on any atom is 0.137 e. The van der Waals surface area contributed by atoms with Gasteiger partial charge in [-0.15, -0.1) is 0 Å².